The van der Waals surface area contributed by atoms with Gasteiger partial charge >= 0.3 is 0 Å². The lowest BCUT2D eigenvalue weighted by molar-refractivity contribution is 0.283. The lowest BCUT2D eigenvalue weighted by atomic mass is 9.63. The smallest absolute Gasteiger partial charge is 0.165 e. The topological polar surface area (TPSA) is 56.2 Å². The maximum absolute atomic E-state index is 6.33. The van der Waals surface area contributed by atoms with E-state index in [0.29, 0.717) is 0 Å². The molecule has 0 amide bonds. The molecule has 0 spiro atoms. The van der Waals surface area contributed by atoms with Crippen molar-refractivity contribution in [2.75, 3.05) is 0 Å². The number of fused-ring (bicyclic) bond motifs is 1. The second kappa shape index (κ2) is 5.15. The molecule has 3 aromatic rings. The number of nitrogens with zero attached hydrogens (tertiary/aromatic N) is 3. The first-order chi connectivity index (χ1) is 11.4. The zero-order chi connectivity index (χ0) is 16.9. The third-order valence-electron chi connectivity index (χ3n) is 5.37. The first-order valence-corrected chi connectivity index (χ1v) is 8.63. The van der Waals surface area contributed by atoms with Crippen molar-refractivity contribution < 1.29 is 0 Å². The van der Waals surface area contributed by atoms with Gasteiger partial charge in [-0.2, -0.15) is 0 Å². The average Bonchev–Trinajstić information content (AvgIpc) is 2.91. The molecule has 4 heteroatoms. The Balaban J connectivity index is 1.91. The predicted molar refractivity (Wildman–Crippen MR) is 96.0 cm³/mol. The third-order valence-corrected chi connectivity index (χ3v) is 5.37. The lowest BCUT2D eigenvalue weighted by Gasteiger charge is -2.41. The number of benzene rings is 1. The van der Waals surface area contributed by atoms with Crippen molar-refractivity contribution >= 4 is 5.65 Å². The highest BCUT2D eigenvalue weighted by Gasteiger charge is 2.44. The number of aryl methyl sites for hydroxylation is 1. The SMILES string of the molecule is Cc1ccc(C2(c3nnc4c(C(C)(C)N)cccn34)CCC2)cc1. The van der Waals surface area contributed by atoms with Crippen molar-refractivity contribution in [3.63, 3.8) is 0 Å². The Hall–Kier alpha value is -2.20. The zero-order valence-corrected chi connectivity index (χ0v) is 14.6. The van der Waals surface area contributed by atoms with Crippen molar-refractivity contribution in [3.8, 4) is 0 Å². The average molecular weight is 320 g/mol. The fourth-order valence-electron chi connectivity index (χ4n) is 3.79. The summed E-state index contributed by atoms with van der Waals surface area (Å²) in [5, 5.41) is 9.13. The molecule has 2 N–H and O–H groups in total. The van der Waals surface area contributed by atoms with Gasteiger partial charge in [0, 0.05) is 17.3 Å². The van der Waals surface area contributed by atoms with Gasteiger partial charge in [0.2, 0.25) is 0 Å². The Morgan fingerprint density at radius 1 is 1.08 bits per heavy atom. The van der Waals surface area contributed by atoms with E-state index < -0.39 is 5.54 Å². The molecule has 1 aliphatic rings. The first kappa shape index (κ1) is 15.3. The van der Waals surface area contributed by atoms with E-state index in [0.717, 1.165) is 29.9 Å². The van der Waals surface area contributed by atoms with Crippen molar-refractivity contribution in [3.05, 3.63) is 65.1 Å². The minimum Gasteiger partial charge on any atom is -0.322 e. The molecule has 0 saturated heterocycles. The molecule has 0 atom stereocenters. The Bertz CT molecular complexity index is 880. The molecule has 124 valence electrons. The van der Waals surface area contributed by atoms with Crippen molar-refractivity contribution in [2.24, 2.45) is 5.73 Å². The third kappa shape index (κ3) is 2.17. The van der Waals surface area contributed by atoms with Crippen LogP contribution in [0.5, 0.6) is 0 Å². The second-order valence-electron chi connectivity index (χ2n) is 7.66. The van der Waals surface area contributed by atoms with E-state index >= 15 is 0 Å². The van der Waals surface area contributed by atoms with Crippen LogP contribution in [0.1, 0.15) is 55.6 Å². The molecular weight excluding hydrogens is 296 g/mol. The number of hydrogen-bond donors (Lipinski definition) is 1. The van der Waals surface area contributed by atoms with Crippen molar-refractivity contribution in [2.45, 2.75) is 51.0 Å². The van der Waals surface area contributed by atoms with Crippen molar-refractivity contribution in [1.82, 2.24) is 14.6 Å². The van der Waals surface area contributed by atoms with Crippen LogP contribution in [0.4, 0.5) is 0 Å². The summed E-state index contributed by atoms with van der Waals surface area (Å²) in [5.41, 5.74) is 10.4. The highest BCUT2D eigenvalue weighted by atomic mass is 15.3. The number of nitrogens with two attached hydrogens (primary N) is 1. The quantitative estimate of drug-likeness (QED) is 0.800. The monoisotopic (exact) mass is 320 g/mol. The molecule has 1 aliphatic carbocycles. The van der Waals surface area contributed by atoms with Gasteiger partial charge in [-0.15, -0.1) is 10.2 Å². The summed E-state index contributed by atoms with van der Waals surface area (Å²) in [7, 11) is 0. The van der Waals surface area contributed by atoms with Crippen LogP contribution in [0, 0.1) is 6.92 Å². The number of rotatable bonds is 3. The molecule has 1 aromatic carbocycles. The Morgan fingerprint density at radius 2 is 1.79 bits per heavy atom. The van der Waals surface area contributed by atoms with Crippen LogP contribution >= 0.6 is 0 Å². The molecule has 4 nitrogen and oxygen atoms in total. The summed E-state index contributed by atoms with van der Waals surface area (Å²) >= 11 is 0. The molecular formula is C20H24N4. The normalized spacial score (nSPS) is 17.0. The van der Waals surface area contributed by atoms with Crippen LogP contribution in [0.25, 0.3) is 5.65 Å². The standard InChI is InChI=1S/C20H24N4/c1-14-7-9-15(10-8-14)20(11-5-12-20)18-23-22-17-16(19(2,3)21)6-4-13-24(17)18/h4,6-10,13H,5,11-12,21H2,1-3H3. The fraction of sp³-hybridized carbons (Fsp3) is 0.400. The van der Waals surface area contributed by atoms with E-state index in [1.807, 2.05) is 26.0 Å². The molecule has 2 aromatic heterocycles. The first-order valence-electron chi connectivity index (χ1n) is 8.63. The molecule has 1 fully saturated rings. The number of hydrogen-bond acceptors (Lipinski definition) is 3. The predicted octanol–water partition coefficient (Wildman–Crippen LogP) is 3.70. The lowest BCUT2D eigenvalue weighted by Crippen LogP contribution is -2.37. The summed E-state index contributed by atoms with van der Waals surface area (Å²) < 4.78 is 2.14. The Kier molecular flexibility index (Phi) is 3.29. The largest absolute Gasteiger partial charge is 0.322 e. The molecule has 24 heavy (non-hydrogen) atoms. The van der Waals surface area contributed by atoms with Crippen LogP contribution in [0.3, 0.4) is 0 Å². The number of pyridine rings is 1. The maximum Gasteiger partial charge on any atom is 0.165 e. The molecule has 4 rings (SSSR count). The summed E-state index contributed by atoms with van der Waals surface area (Å²) in [6.07, 6.45) is 5.53. The zero-order valence-electron chi connectivity index (χ0n) is 14.6. The van der Waals surface area contributed by atoms with Gasteiger partial charge in [-0.1, -0.05) is 42.3 Å². The van der Waals surface area contributed by atoms with E-state index in [1.54, 1.807) is 0 Å². The van der Waals surface area contributed by atoms with Gasteiger partial charge in [0.05, 0.1) is 5.41 Å². The molecule has 0 unspecified atom stereocenters. The minimum atomic E-state index is -0.441. The maximum atomic E-state index is 6.33. The summed E-state index contributed by atoms with van der Waals surface area (Å²) in [5.74, 6) is 1.04. The minimum absolute atomic E-state index is 0.0233. The highest BCUT2D eigenvalue weighted by Crippen LogP contribution is 2.48. The molecule has 1 saturated carbocycles. The second-order valence-corrected chi connectivity index (χ2v) is 7.66. The van der Waals surface area contributed by atoms with Gasteiger partial charge in [0.15, 0.2) is 5.65 Å². The van der Waals surface area contributed by atoms with Crippen LogP contribution in [-0.4, -0.2) is 14.6 Å². The summed E-state index contributed by atoms with van der Waals surface area (Å²) in [6.45, 7) is 6.14. The molecule has 0 radical (unpaired) electrons. The van der Waals surface area contributed by atoms with E-state index in [-0.39, 0.29) is 5.41 Å². The Labute approximate surface area is 142 Å². The van der Waals surface area contributed by atoms with Crippen LogP contribution in [-0.2, 0) is 11.0 Å². The van der Waals surface area contributed by atoms with E-state index in [1.165, 1.54) is 17.5 Å². The molecule has 2 heterocycles. The van der Waals surface area contributed by atoms with E-state index in [2.05, 4.69) is 52.0 Å². The van der Waals surface area contributed by atoms with E-state index in [4.69, 9.17) is 5.73 Å². The van der Waals surface area contributed by atoms with Gasteiger partial charge in [0.1, 0.15) is 5.82 Å². The van der Waals surface area contributed by atoms with Gasteiger partial charge < -0.3 is 5.73 Å². The molecule has 0 bridgehead atoms. The van der Waals surface area contributed by atoms with Gasteiger partial charge in [-0.3, -0.25) is 4.40 Å². The highest BCUT2D eigenvalue weighted by molar-refractivity contribution is 5.52. The van der Waals surface area contributed by atoms with Crippen LogP contribution in [0.2, 0.25) is 0 Å². The van der Waals surface area contributed by atoms with Crippen LogP contribution in [0.15, 0.2) is 42.6 Å². The number of aromatic nitrogens is 3. The van der Waals surface area contributed by atoms with Gasteiger partial charge in [-0.05, 0) is 45.2 Å². The summed E-state index contributed by atoms with van der Waals surface area (Å²) in [6, 6.07) is 13.0. The summed E-state index contributed by atoms with van der Waals surface area (Å²) in [4.78, 5) is 0. The van der Waals surface area contributed by atoms with E-state index in [9.17, 15) is 0 Å². The van der Waals surface area contributed by atoms with Gasteiger partial charge in [0.25, 0.3) is 0 Å². The molecule has 0 aliphatic heterocycles. The van der Waals surface area contributed by atoms with Crippen LogP contribution < -0.4 is 5.73 Å². The van der Waals surface area contributed by atoms with Gasteiger partial charge in [-0.25, -0.2) is 0 Å². The fourth-order valence-corrected chi connectivity index (χ4v) is 3.79. The Morgan fingerprint density at radius 3 is 2.38 bits per heavy atom. The van der Waals surface area contributed by atoms with Crippen molar-refractivity contribution in [1.29, 1.82) is 0 Å².